The molecule has 0 radical (unpaired) electrons. The molecular weight excluding hydrogens is 238 g/mol. The van der Waals surface area contributed by atoms with Gasteiger partial charge in [0.05, 0.1) is 6.21 Å². The monoisotopic (exact) mass is 263 g/mol. The van der Waals surface area contributed by atoms with Crippen molar-refractivity contribution in [1.82, 2.24) is 0 Å². The van der Waals surface area contributed by atoms with Crippen molar-refractivity contribution in [1.29, 1.82) is 0 Å². The molecule has 1 aliphatic rings. The smallest absolute Gasteiger partial charge is 0.124 e. The van der Waals surface area contributed by atoms with Crippen LogP contribution in [0.3, 0.4) is 0 Å². The van der Waals surface area contributed by atoms with Crippen molar-refractivity contribution in [2.24, 2.45) is 11.1 Å². The number of unbranched alkanes of at least 4 members (excludes halogenated alkanes) is 1. The Morgan fingerprint density at radius 1 is 1.26 bits per heavy atom. The Morgan fingerprint density at radius 3 is 2.53 bits per heavy atom. The maximum absolute atomic E-state index is 9.04. The fraction of sp³-hybridized carbons (Fsp3) is 0.562. The Hall–Kier alpha value is -1.51. The van der Waals surface area contributed by atoms with E-state index in [1.807, 2.05) is 0 Å². The van der Waals surface area contributed by atoms with Crippen LogP contribution in [0.25, 0.3) is 0 Å². The lowest BCUT2D eigenvalue weighted by Gasteiger charge is -2.05. The molecule has 1 fully saturated rings. The van der Waals surface area contributed by atoms with E-state index < -0.39 is 0 Å². The summed E-state index contributed by atoms with van der Waals surface area (Å²) in [6.07, 6.45) is 11.6. The normalized spacial score (nSPS) is 15.4. The molecule has 1 aromatic carbocycles. The first-order valence-electron chi connectivity index (χ1n) is 7.23. The van der Waals surface area contributed by atoms with Gasteiger partial charge in [0.1, 0.15) is 5.75 Å². The molecule has 0 spiro atoms. The lowest BCUT2D eigenvalue weighted by atomic mass is 10.0. The van der Waals surface area contributed by atoms with E-state index in [4.69, 9.17) is 10.3 Å². The number of benzene rings is 1. The van der Waals surface area contributed by atoms with Crippen molar-refractivity contribution in [3.05, 3.63) is 29.8 Å². The van der Waals surface area contributed by atoms with E-state index in [-0.39, 0.29) is 5.75 Å². The molecule has 1 aliphatic carbocycles. The molecule has 0 heterocycles. The Labute approximate surface area is 116 Å². The predicted molar refractivity (Wildman–Crippen MR) is 79.0 cm³/mol. The number of rotatable bonds is 4. The summed E-state index contributed by atoms with van der Waals surface area (Å²) in [4.78, 5) is 0. The Balaban J connectivity index is 0.000000191. The number of hydrogen-bond acceptors (Lipinski definition) is 3. The standard InChI is InChI=1S/C9H18.C7H7NO2/c1-2-3-6-9-7-4-5-8-9;9-7-4-2-1-3-6(7)5-8-10/h9H,2-8H2,1H3;1-5,9-10H. The Kier molecular flexibility index (Phi) is 7.71. The molecule has 1 saturated carbocycles. The van der Waals surface area contributed by atoms with Crippen LogP contribution >= 0.6 is 0 Å². The van der Waals surface area contributed by atoms with E-state index in [0.29, 0.717) is 5.56 Å². The number of oxime groups is 1. The zero-order valence-corrected chi connectivity index (χ0v) is 11.8. The second-order valence-electron chi connectivity index (χ2n) is 5.10. The van der Waals surface area contributed by atoms with E-state index >= 15 is 0 Å². The maximum Gasteiger partial charge on any atom is 0.124 e. The number of phenols is 1. The first kappa shape index (κ1) is 15.5. The van der Waals surface area contributed by atoms with Crippen molar-refractivity contribution < 1.29 is 10.3 Å². The highest BCUT2D eigenvalue weighted by molar-refractivity contribution is 5.82. The van der Waals surface area contributed by atoms with Gasteiger partial charge in [0.15, 0.2) is 0 Å². The van der Waals surface area contributed by atoms with Crippen molar-refractivity contribution in [2.45, 2.75) is 51.9 Å². The van der Waals surface area contributed by atoms with Gasteiger partial charge in [0, 0.05) is 5.56 Å². The number of phenolic OH excluding ortho intramolecular Hbond substituents is 1. The van der Waals surface area contributed by atoms with Gasteiger partial charge in [0.25, 0.3) is 0 Å². The van der Waals surface area contributed by atoms with Crippen LogP contribution in [0.5, 0.6) is 5.75 Å². The molecule has 106 valence electrons. The highest BCUT2D eigenvalue weighted by atomic mass is 16.4. The summed E-state index contributed by atoms with van der Waals surface area (Å²) in [6.45, 7) is 2.29. The minimum atomic E-state index is 0.111. The van der Waals surface area contributed by atoms with Crippen LogP contribution < -0.4 is 0 Å². The molecule has 1 aromatic rings. The van der Waals surface area contributed by atoms with Gasteiger partial charge in [-0.3, -0.25) is 0 Å². The molecule has 0 saturated heterocycles. The van der Waals surface area contributed by atoms with Crippen LogP contribution in [-0.4, -0.2) is 16.5 Å². The van der Waals surface area contributed by atoms with Crippen molar-refractivity contribution in [3.8, 4) is 5.75 Å². The number of para-hydroxylation sites is 1. The maximum atomic E-state index is 9.04. The quantitative estimate of drug-likeness (QED) is 0.475. The minimum Gasteiger partial charge on any atom is -0.507 e. The summed E-state index contributed by atoms with van der Waals surface area (Å²) in [5.74, 6) is 1.23. The Morgan fingerprint density at radius 2 is 1.95 bits per heavy atom. The van der Waals surface area contributed by atoms with E-state index in [2.05, 4.69) is 12.1 Å². The van der Waals surface area contributed by atoms with Crippen LogP contribution in [0.4, 0.5) is 0 Å². The second kappa shape index (κ2) is 9.42. The summed E-state index contributed by atoms with van der Waals surface area (Å²) >= 11 is 0. The fourth-order valence-corrected chi connectivity index (χ4v) is 2.45. The molecule has 0 bridgehead atoms. The largest absolute Gasteiger partial charge is 0.507 e. The van der Waals surface area contributed by atoms with Gasteiger partial charge in [0.2, 0.25) is 0 Å². The van der Waals surface area contributed by atoms with Gasteiger partial charge in [-0.2, -0.15) is 0 Å². The molecule has 3 nitrogen and oxygen atoms in total. The van der Waals surface area contributed by atoms with Crippen LogP contribution in [0.15, 0.2) is 29.4 Å². The summed E-state index contributed by atoms with van der Waals surface area (Å²) < 4.78 is 0. The summed E-state index contributed by atoms with van der Waals surface area (Å²) in [7, 11) is 0. The van der Waals surface area contributed by atoms with Gasteiger partial charge in [-0.1, -0.05) is 69.2 Å². The summed E-state index contributed by atoms with van der Waals surface area (Å²) in [6, 6.07) is 6.62. The zero-order valence-electron chi connectivity index (χ0n) is 11.8. The number of hydrogen-bond donors (Lipinski definition) is 2. The first-order chi connectivity index (χ1) is 9.27. The highest BCUT2D eigenvalue weighted by Gasteiger charge is 2.13. The van der Waals surface area contributed by atoms with Gasteiger partial charge in [-0.05, 0) is 18.1 Å². The third kappa shape index (κ3) is 6.27. The highest BCUT2D eigenvalue weighted by Crippen LogP contribution is 2.28. The molecule has 0 amide bonds. The van der Waals surface area contributed by atoms with E-state index in [1.165, 1.54) is 57.2 Å². The topological polar surface area (TPSA) is 52.8 Å². The SMILES string of the molecule is CCCCC1CCCC1.ON=Cc1ccccc1O. The zero-order chi connectivity index (χ0) is 13.9. The number of nitrogens with zero attached hydrogens (tertiary/aromatic N) is 1. The van der Waals surface area contributed by atoms with E-state index in [1.54, 1.807) is 18.2 Å². The predicted octanol–water partition coefficient (Wildman–Crippen LogP) is 4.57. The Bertz CT molecular complexity index is 371. The fourth-order valence-electron chi connectivity index (χ4n) is 2.45. The number of aromatic hydroxyl groups is 1. The summed E-state index contributed by atoms with van der Waals surface area (Å²) in [5, 5.41) is 19.9. The molecule has 0 unspecified atom stereocenters. The van der Waals surface area contributed by atoms with Crippen molar-refractivity contribution in [2.75, 3.05) is 0 Å². The van der Waals surface area contributed by atoms with Crippen LogP contribution in [-0.2, 0) is 0 Å². The van der Waals surface area contributed by atoms with Gasteiger partial charge < -0.3 is 10.3 Å². The molecular formula is C16H25NO2. The molecule has 2 N–H and O–H groups in total. The molecule has 2 rings (SSSR count). The molecule has 3 heteroatoms. The molecule has 0 aromatic heterocycles. The van der Waals surface area contributed by atoms with Crippen LogP contribution in [0.1, 0.15) is 57.4 Å². The van der Waals surface area contributed by atoms with Crippen LogP contribution in [0.2, 0.25) is 0 Å². The first-order valence-corrected chi connectivity index (χ1v) is 7.23. The van der Waals surface area contributed by atoms with E-state index in [0.717, 1.165) is 5.92 Å². The van der Waals surface area contributed by atoms with Gasteiger partial charge in [-0.15, -0.1) is 0 Å². The van der Waals surface area contributed by atoms with Gasteiger partial charge in [-0.25, -0.2) is 0 Å². The lowest BCUT2D eigenvalue weighted by Crippen LogP contribution is -1.91. The third-order valence-corrected chi connectivity index (χ3v) is 3.57. The lowest BCUT2D eigenvalue weighted by molar-refractivity contribution is 0.321. The third-order valence-electron chi connectivity index (χ3n) is 3.57. The average molecular weight is 263 g/mol. The summed E-state index contributed by atoms with van der Waals surface area (Å²) in [5.41, 5.74) is 0.505. The van der Waals surface area contributed by atoms with Crippen molar-refractivity contribution >= 4 is 6.21 Å². The van der Waals surface area contributed by atoms with Crippen LogP contribution in [0, 0.1) is 5.92 Å². The minimum absolute atomic E-state index is 0.111. The molecule has 0 atom stereocenters. The second-order valence-corrected chi connectivity index (χ2v) is 5.10. The average Bonchev–Trinajstić information content (AvgIpc) is 2.93. The molecule has 19 heavy (non-hydrogen) atoms. The van der Waals surface area contributed by atoms with Crippen molar-refractivity contribution in [3.63, 3.8) is 0 Å². The molecule has 0 aliphatic heterocycles. The van der Waals surface area contributed by atoms with E-state index in [9.17, 15) is 0 Å². The van der Waals surface area contributed by atoms with Gasteiger partial charge >= 0.3 is 0 Å².